The van der Waals surface area contributed by atoms with Gasteiger partial charge >= 0.3 is 5.97 Å². The van der Waals surface area contributed by atoms with E-state index in [4.69, 9.17) is 14.2 Å². The molecule has 0 radical (unpaired) electrons. The minimum atomic E-state index is -0.749. The van der Waals surface area contributed by atoms with Crippen molar-refractivity contribution in [1.29, 1.82) is 0 Å². The molecule has 2 unspecified atom stereocenters. The third kappa shape index (κ3) is 5.22. The summed E-state index contributed by atoms with van der Waals surface area (Å²) in [5, 5.41) is 13.6. The van der Waals surface area contributed by atoms with E-state index in [0.29, 0.717) is 36.7 Å². The van der Waals surface area contributed by atoms with Crippen molar-refractivity contribution in [2.45, 2.75) is 70.9 Å². The van der Waals surface area contributed by atoms with Crippen molar-refractivity contribution in [3.05, 3.63) is 23.8 Å². The first-order chi connectivity index (χ1) is 15.0. The summed E-state index contributed by atoms with van der Waals surface area (Å²) < 4.78 is 19.4. The largest absolute Gasteiger partial charge is 0.487 e. The number of nitrogens with zero attached hydrogens (tertiary/aromatic N) is 4. The van der Waals surface area contributed by atoms with Crippen LogP contribution in [0.2, 0.25) is 0 Å². The van der Waals surface area contributed by atoms with Crippen LogP contribution in [-0.4, -0.2) is 49.8 Å². The second kappa shape index (κ2) is 9.74. The predicted octanol–water partition coefficient (Wildman–Crippen LogP) is 3.25. The van der Waals surface area contributed by atoms with Gasteiger partial charge in [-0.1, -0.05) is 0 Å². The number of ether oxygens (including phenoxy) is 3. The molecule has 3 heterocycles. The fourth-order valence-electron chi connectivity index (χ4n) is 4.19. The third-order valence-electron chi connectivity index (χ3n) is 6.05. The quantitative estimate of drug-likeness (QED) is 0.713. The van der Waals surface area contributed by atoms with Gasteiger partial charge in [0.1, 0.15) is 0 Å². The van der Waals surface area contributed by atoms with Crippen LogP contribution in [0.1, 0.15) is 56.3 Å². The molecule has 3 atom stereocenters. The molecular formula is C22H30N4O5. The van der Waals surface area contributed by atoms with Crippen LogP contribution in [0.15, 0.2) is 12.4 Å². The highest BCUT2D eigenvalue weighted by Crippen LogP contribution is 2.30. The molecule has 1 aliphatic heterocycles. The first-order valence-corrected chi connectivity index (χ1v) is 11.0. The lowest BCUT2D eigenvalue weighted by Crippen LogP contribution is -2.29. The van der Waals surface area contributed by atoms with E-state index in [2.05, 4.69) is 15.1 Å². The van der Waals surface area contributed by atoms with Gasteiger partial charge in [0.15, 0.2) is 17.9 Å². The fourth-order valence-corrected chi connectivity index (χ4v) is 4.19. The normalized spacial score (nSPS) is 24.1. The number of carboxylic acid groups (broad SMARTS) is 1. The Hall–Kier alpha value is -2.52. The van der Waals surface area contributed by atoms with E-state index in [0.717, 1.165) is 50.0 Å². The second-order valence-electron chi connectivity index (χ2n) is 8.32. The van der Waals surface area contributed by atoms with Gasteiger partial charge in [0, 0.05) is 13.7 Å². The summed E-state index contributed by atoms with van der Waals surface area (Å²) in [6.45, 7) is 2.98. The number of carboxylic acids is 1. The number of aromatic nitrogens is 4. The molecule has 0 aromatic carbocycles. The van der Waals surface area contributed by atoms with Gasteiger partial charge in [-0.2, -0.15) is 5.10 Å². The predicted molar refractivity (Wildman–Crippen MR) is 111 cm³/mol. The highest BCUT2D eigenvalue weighted by atomic mass is 16.7. The maximum atomic E-state index is 11.3. The monoisotopic (exact) mass is 430 g/mol. The molecule has 2 aromatic heterocycles. The lowest BCUT2D eigenvalue weighted by Gasteiger charge is -2.27. The standard InChI is InChI=1S/C22H30N4O5/c1-14-19(31-16-7-5-6-15(10-16)22(27)28)12-23-21(25-14)17-11-24-26(2)18(17)13-30-20-8-3-4-9-29-20/h11-12,15-16,20H,3-10,13H2,1-2H3,(H,27,28)/t15?,16-,20?/m0/s1. The topological polar surface area (TPSA) is 109 Å². The van der Waals surface area contributed by atoms with Crippen molar-refractivity contribution in [2.24, 2.45) is 13.0 Å². The maximum absolute atomic E-state index is 11.3. The van der Waals surface area contributed by atoms with Gasteiger partial charge in [-0.25, -0.2) is 9.97 Å². The summed E-state index contributed by atoms with van der Waals surface area (Å²) in [5.74, 6) is 0.0668. The number of hydrogen-bond donors (Lipinski definition) is 1. The van der Waals surface area contributed by atoms with E-state index < -0.39 is 5.97 Å². The minimum Gasteiger partial charge on any atom is -0.487 e. The van der Waals surface area contributed by atoms with Crippen molar-refractivity contribution in [3.63, 3.8) is 0 Å². The highest BCUT2D eigenvalue weighted by Gasteiger charge is 2.28. The zero-order chi connectivity index (χ0) is 21.8. The van der Waals surface area contributed by atoms with Gasteiger partial charge in [0.2, 0.25) is 0 Å². The van der Waals surface area contributed by atoms with E-state index >= 15 is 0 Å². The van der Waals surface area contributed by atoms with Crippen molar-refractivity contribution in [3.8, 4) is 17.1 Å². The Morgan fingerprint density at radius 2 is 2.13 bits per heavy atom. The number of hydrogen-bond acceptors (Lipinski definition) is 7. The Morgan fingerprint density at radius 3 is 2.87 bits per heavy atom. The first kappa shape index (κ1) is 21.7. The van der Waals surface area contributed by atoms with E-state index in [1.807, 2.05) is 14.0 Å². The van der Waals surface area contributed by atoms with E-state index in [1.165, 1.54) is 0 Å². The van der Waals surface area contributed by atoms with Crippen LogP contribution < -0.4 is 4.74 Å². The summed E-state index contributed by atoms with van der Waals surface area (Å²) in [6, 6.07) is 0. The number of carbonyl (C=O) groups is 1. The molecule has 1 N–H and O–H groups in total. The molecule has 0 amide bonds. The van der Waals surface area contributed by atoms with Crippen LogP contribution in [0.25, 0.3) is 11.4 Å². The van der Waals surface area contributed by atoms with E-state index in [-0.39, 0.29) is 18.3 Å². The summed E-state index contributed by atoms with van der Waals surface area (Å²) in [4.78, 5) is 20.4. The molecule has 0 bridgehead atoms. The Bertz CT molecular complexity index is 909. The lowest BCUT2D eigenvalue weighted by molar-refractivity contribution is -0.169. The van der Waals surface area contributed by atoms with Gasteiger partial charge in [0.25, 0.3) is 0 Å². The van der Waals surface area contributed by atoms with Crippen LogP contribution in [-0.2, 0) is 27.9 Å². The fraction of sp³-hybridized carbons (Fsp3) is 0.636. The van der Waals surface area contributed by atoms with Crippen LogP contribution in [0.3, 0.4) is 0 Å². The average molecular weight is 431 g/mol. The van der Waals surface area contributed by atoms with Crippen molar-refractivity contribution >= 4 is 5.97 Å². The molecule has 0 spiro atoms. The van der Waals surface area contributed by atoms with E-state index in [1.54, 1.807) is 17.1 Å². The Morgan fingerprint density at radius 1 is 1.26 bits per heavy atom. The Balaban J connectivity index is 1.45. The molecule has 2 aromatic rings. The number of aliphatic carboxylic acids is 1. The highest BCUT2D eigenvalue weighted by molar-refractivity contribution is 5.70. The van der Waals surface area contributed by atoms with Crippen LogP contribution in [0, 0.1) is 12.8 Å². The summed E-state index contributed by atoms with van der Waals surface area (Å²) >= 11 is 0. The van der Waals surface area contributed by atoms with Gasteiger partial charge in [-0.15, -0.1) is 0 Å². The molecule has 1 saturated heterocycles. The number of rotatable bonds is 7. The minimum absolute atomic E-state index is 0.124. The molecule has 2 aliphatic rings. The van der Waals surface area contributed by atoms with Crippen LogP contribution in [0.4, 0.5) is 0 Å². The average Bonchev–Trinajstić information content (AvgIpc) is 3.15. The van der Waals surface area contributed by atoms with Crippen LogP contribution >= 0.6 is 0 Å². The van der Waals surface area contributed by atoms with Gasteiger partial charge in [0.05, 0.1) is 48.0 Å². The Kier molecular flexibility index (Phi) is 6.82. The molecular weight excluding hydrogens is 400 g/mol. The summed E-state index contributed by atoms with van der Waals surface area (Å²) in [5.41, 5.74) is 2.42. The zero-order valence-corrected chi connectivity index (χ0v) is 18.1. The van der Waals surface area contributed by atoms with E-state index in [9.17, 15) is 9.90 Å². The molecule has 2 fully saturated rings. The smallest absolute Gasteiger partial charge is 0.306 e. The SMILES string of the molecule is Cc1nc(-c2cnn(C)c2COC2CCCCO2)ncc1O[C@H]1CCCC(C(=O)O)C1. The Labute approximate surface area is 181 Å². The molecule has 1 saturated carbocycles. The summed E-state index contributed by atoms with van der Waals surface area (Å²) in [6.07, 6.45) is 9.13. The van der Waals surface area contributed by atoms with Crippen molar-refractivity contribution in [2.75, 3.05) is 6.61 Å². The molecule has 1 aliphatic carbocycles. The molecule has 9 nitrogen and oxygen atoms in total. The zero-order valence-electron chi connectivity index (χ0n) is 18.1. The summed E-state index contributed by atoms with van der Waals surface area (Å²) in [7, 11) is 1.87. The second-order valence-corrected chi connectivity index (χ2v) is 8.32. The third-order valence-corrected chi connectivity index (χ3v) is 6.05. The van der Waals surface area contributed by atoms with Crippen molar-refractivity contribution < 1.29 is 24.1 Å². The molecule has 168 valence electrons. The molecule has 9 heteroatoms. The van der Waals surface area contributed by atoms with Crippen LogP contribution in [0.5, 0.6) is 5.75 Å². The maximum Gasteiger partial charge on any atom is 0.306 e. The van der Waals surface area contributed by atoms with Gasteiger partial charge < -0.3 is 19.3 Å². The van der Waals surface area contributed by atoms with Gasteiger partial charge in [-0.3, -0.25) is 9.48 Å². The first-order valence-electron chi connectivity index (χ1n) is 11.0. The lowest BCUT2D eigenvalue weighted by atomic mass is 9.87. The molecule has 4 rings (SSSR count). The number of aryl methyl sites for hydroxylation is 2. The van der Waals surface area contributed by atoms with Crippen molar-refractivity contribution in [1.82, 2.24) is 19.7 Å². The molecule has 31 heavy (non-hydrogen) atoms. The van der Waals surface area contributed by atoms with Gasteiger partial charge in [-0.05, 0) is 51.9 Å².